The van der Waals surface area contributed by atoms with Crippen LogP contribution in [-0.2, 0) is 24.2 Å². The summed E-state index contributed by atoms with van der Waals surface area (Å²) in [7, 11) is 0. The van der Waals surface area contributed by atoms with Crippen molar-refractivity contribution >= 4 is 17.3 Å². The molecular formula is C21H24N2O2. The topological polar surface area (TPSA) is 43.4 Å². The Bertz CT molecular complexity index is 809. The molecule has 2 heterocycles. The Balaban J connectivity index is 1.74. The summed E-state index contributed by atoms with van der Waals surface area (Å²) >= 11 is 0. The van der Waals surface area contributed by atoms with Gasteiger partial charge in [0.15, 0.2) is 0 Å². The molecule has 4 heteroatoms. The third-order valence-electron chi connectivity index (χ3n) is 5.60. The van der Waals surface area contributed by atoms with E-state index in [1.54, 1.807) is 6.92 Å². The van der Waals surface area contributed by atoms with Crippen molar-refractivity contribution in [2.24, 2.45) is 0 Å². The zero-order valence-corrected chi connectivity index (χ0v) is 14.7. The summed E-state index contributed by atoms with van der Waals surface area (Å²) in [6, 6.07) is 14.3. The van der Waals surface area contributed by atoms with Gasteiger partial charge in [-0.1, -0.05) is 24.3 Å². The van der Waals surface area contributed by atoms with Gasteiger partial charge in [-0.25, -0.2) is 0 Å². The van der Waals surface area contributed by atoms with E-state index in [1.807, 2.05) is 29.2 Å². The smallest absolute Gasteiger partial charge is 0.224 e. The normalized spacial score (nSPS) is 18.9. The van der Waals surface area contributed by atoms with Crippen LogP contribution in [0.25, 0.3) is 0 Å². The van der Waals surface area contributed by atoms with E-state index in [0.29, 0.717) is 19.6 Å². The van der Waals surface area contributed by atoms with E-state index >= 15 is 0 Å². The van der Waals surface area contributed by atoms with Gasteiger partial charge in [0.1, 0.15) is 5.69 Å². The number of carbonyl (C=O) groups excluding carboxylic acids is 1. The third-order valence-corrected chi connectivity index (χ3v) is 5.60. The average molecular weight is 336 g/mol. The third kappa shape index (κ3) is 2.96. The van der Waals surface area contributed by atoms with E-state index < -0.39 is 0 Å². The van der Waals surface area contributed by atoms with Crippen LogP contribution in [0.5, 0.6) is 0 Å². The number of carbonyl (C=O) groups is 1. The standard InChI is InChI=1S/C21H24N2O2/c1-16(24)22-15-19-10-11-20(23(25)12-4-5-13-23)14-18(19)9-8-17-6-2-3-7-21(17)22/h2-3,6-7,10-11,14H,4-5,8-9,12-13,15H2,1H3. The van der Waals surface area contributed by atoms with Crippen LogP contribution in [0, 0.1) is 5.21 Å². The van der Waals surface area contributed by atoms with E-state index in [4.69, 9.17) is 0 Å². The summed E-state index contributed by atoms with van der Waals surface area (Å²) in [6.07, 6.45) is 3.80. The Hall–Kier alpha value is -2.17. The number of hydroxylamine groups is 2. The quantitative estimate of drug-likeness (QED) is 0.585. The number of quaternary nitrogens is 1. The van der Waals surface area contributed by atoms with E-state index in [1.165, 1.54) is 11.1 Å². The first-order valence-electron chi connectivity index (χ1n) is 9.13. The highest BCUT2D eigenvalue weighted by Crippen LogP contribution is 2.33. The zero-order valence-electron chi connectivity index (χ0n) is 14.7. The van der Waals surface area contributed by atoms with Crippen LogP contribution in [-0.4, -0.2) is 19.0 Å². The number of rotatable bonds is 1. The zero-order chi connectivity index (χ0) is 17.4. The average Bonchev–Trinajstić information content (AvgIpc) is 3.04. The maximum atomic E-state index is 13.0. The first-order valence-corrected chi connectivity index (χ1v) is 9.13. The molecule has 0 N–H and O–H groups in total. The van der Waals surface area contributed by atoms with Crippen molar-refractivity contribution in [1.82, 2.24) is 4.65 Å². The van der Waals surface area contributed by atoms with Gasteiger partial charge in [-0.05, 0) is 41.7 Å². The van der Waals surface area contributed by atoms with Crippen LogP contribution in [0.1, 0.15) is 36.5 Å². The lowest BCUT2D eigenvalue weighted by Gasteiger charge is -2.38. The van der Waals surface area contributed by atoms with Crippen molar-refractivity contribution in [3.63, 3.8) is 0 Å². The summed E-state index contributed by atoms with van der Waals surface area (Å²) < 4.78 is -0.194. The molecule has 4 nitrogen and oxygen atoms in total. The summed E-state index contributed by atoms with van der Waals surface area (Å²) in [5.74, 6) is 0.0521. The number of aryl methyl sites for hydroxylation is 2. The first-order chi connectivity index (χ1) is 12.1. The second-order valence-corrected chi connectivity index (χ2v) is 7.23. The highest BCUT2D eigenvalue weighted by atomic mass is 16.5. The molecule has 1 fully saturated rings. The molecule has 25 heavy (non-hydrogen) atoms. The molecule has 0 bridgehead atoms. The van der Waals surface area contributed by atoms with Crippen molar-refractivity contribution in [2.75, 3.05) is 18.0 Å². The fraction of sp³-hybridized carbons (Fsp3) is 0.381. The molecule has 2 aliphatic heterocycles. The van der Waals surface area contributed by atoms with Crippen molar-refractivity contribution in [1.29, 1.82) is 0 Å². The maximum Gasteiger partial charge on any atom is 0.224 e. The van der Waals surface area contributed by atoms with E-state index in [9.17, 15) is 10.0 Å². The molecule has 1 amide bonds. The number of fused-ring (bicyclic) bond motifs is 2. The Morgan fingerprint density at radius 1 is 1.00 bits per heavy atom. The molecule has 0 saturated carbocycles. The van der Waals surface area contributed by atoms with Gasteiger partial charge < -0.3 is 14.8 Å². The SMILES string of the molecule is CC(=O)N1Cc2ccc([N+]3([O-])CCCC3)cc2CCc2ccccc21. The predicted octanol–water partition coefficient (Wildman–Crippen LogP) is 3.94. The minimum absolute atomic E-state index is 0.0521. The van der Waals surface area contributed by atoms with E-state index in [2.05, 4.69) is 18.2 Å². The maximum absolute atomic E-state index is 13.0. The molecule has 4 rings (SSSR count). The van der Waals surface area contributed by atoms with E-state index in [0.717, 1.165) is 42.6 Å². The molecule has 0 spiro atoms. The second kappa shape index (κ2) is 6.28. The fourth-order valence-corrected chi connectivity index (χ4v) is 4.15. The summed E-state index contributed by atoms with van der Waals surface area (Å²) in [6.45, 7) is 3.55. The van der Waals surface area contributed by atoms with Gasteiger partial charge in [0.2, 0.25) is 5.91 Å². The largest absolute Gasteiger partial charge is 0.627 e. The Morgan fingerprint density at radius 2 is 1.72 bits per heavy atom. The predicted molar refractivity (Wildman–Crippen MR) is 101 cm³/mol. The number of hydrogen-bond acceptors (Lipinski definition) is 2. The number of nitrogens with zero attached hydrogens (tertiary/aromatic N) is 2. The molecule has 2 aromatic carbocycles. The number of para-hydroxylation sites is 1. The Kier molecular flexibility index (Phi) is 4.10. The minimum atomic E-state index is -0.194. The molecule has 0 atom stereocenters. The molecule has 2 aliphatic rings. The van der Waals surface area contributed by atoms with Crippen LogP contribution >= 0.6 is 0 Å². The number of anilines is 1. The molecule has 0 radical (unpaired) electrons. The summed E-state index contributed by atoms with van der Waals surface area (Å²) in [4.78, 5) is 14.1. The number of hydrogen-bond donors (Lipinski definition) is 0. The van der Waals surface area contributed by atoms with Gasteiger partial charge in [-0.2, -0.15) is 0 Å². The van der Waals surface area contributed by atoms with Crippen molar-refractivity contribution in [3.8, 4) is 0 Å². The Labute approximate surface area is 148 Å². The van der Waals surface area contributed by atoms with Crippen LogP contribution in [0.4, 0.5) is 11.4 Å². The number of amides is 1. The lowest BCUT2D eigenvalue weighted by molar-refractivity contribution is -0.116. The summed E-state index contributed by atoms with van der Waals surface area (Å²) in [5, 5.41) is 13.0. The van der Waals surface area contributed by atoms with Crippen LogP contribution in [0.15, 0.2) is 42.5 Å². The molecule has 130 valence electrons. The van der Waals surface area contributed by atoms with Gasteiger partial charge in [0, 0.05) is 31.5 Å². The van der Waals surface area contributed by atoms with Gasteiger partial charge in [0.05, 0.1) is 19.6 Å². The molecule has 0 aromatic heterocycles. The van der Waals surface area contributed by atoms with Crippen molar-refractivity contribution < 1.29 is 4.79 Å². The lowest BCUT2D eigenvalue weighted by atomic mass is 9.94. The van der Waals surface area contributed by atoms with Gasteiger partial charge >= 0.3 is 0 Å². The van der Waals surface area contributed by atoms with Gasteiger partial charge in [0.25, 0.3) is 0 Å². The molecular weight excluding hydrogens is 312 g/mol. The number of benzene rings is 2. The molecule has 2 aromatic rings. The Morgan fingerprint density at radius 3 is 2.48 bits per heavy atom. The van der Waals surface area contributed by atoms with Crippen molar-refractivity contribution in [3.05, 3.63) is 64.4 Å². The van der Waals surface area contributed by atoms with Crippen molar-refractivity contribution in [2.45, 2.75) is 39.2 Å². The highest BCUT2D eigenvalue weighted by Gasteiger charge is 2.27. The van der Waals surface area contributed by atoms with E-state index in [-0.39, 0.29) is 10.6 Å². The fourth-order valence-electron chi connectivity index (χ4n) is 4.15. The van der Waals surface area contributed by atoms with Crippen LogP contribution < -0.4 is 9.55 Å². The van der Waals surface area contributed by atoms with Crippen LogP contribution in [0.2, 0.25) is 0 Å². The molecule has 0 unspecified atom stereocenters. The van der Waals surface area contributed by atoms with Gasteiger partial charge in [-0.15, -0.1) is 0 Å². The summed E-state index contributed by atoms with van der Waals surface area (Å²) in [5.41, 5.74) is 5.44. The monoisotopic (exact) mass is 336 g/mol. The second-order valence-electron chi connectivity index (χ2n) is 7.23. The molecule has 1 saturated heterocycles. The minimum Gasteiger partial charge on any atom is -0.627 e. The lowest BCUT2D eigenvalue weighted by Crippen LogP contribution is -2.39. The molecule has 0 aliphatic carbocycles. The van der Waals surface area contributed by atoms with Gasteiger partial charge in [-0.3, -0.25) is 4.79 Å². The first kappa shape index (κ1) is 16.3. The highest BCUT2D eigenvalue weighted by molar-refractivity contribution is 5.92. The van der Waals surface area contributed by atoms with Crippen LogP contribution in [0.3, 0.4) is 0 Å².